The first kappa shape index (κ1) is 46.0. The van der Waals surface area contributed by atoms with Crippen molar-refractivity contribution in [2.24, 2.45) is 0 Å². The van der Waals surface area contributed by atoms with Crippen LogP contribution >= 0.6 is 0 Å². The molecular formula is C80H50N4. The Morgan fingerprint density at radius 2 is 0.714 bits per heavy atom. The molecule has 2 unspecified atom stereocenters. The molecule has 6 heterocycles. The number of aromatic nitrogens is 4. The lowest BCUT2D eigenvalue weighted by atomic mass is 9.65. The van der Waals surface area contributed by atoms with E-state index in [2.05, 4.69) is 290 Å². The van der Waals surface area contributed by atoms with Gasteiger partial charge in [0.1, 0.15) is 0 Å². The Morgan fingerprint density at radius 3 is 1.29 bits per heavy atom. The first-order valence-electron chi connectivity index (χ1n) is 29.3. The highest BCUT2D eigenvalue weighted by Gasteiger charge is 2.53. The summed E-state index contributed by atoms with van der Waals surface area (Å²) in [4.78, 5) is 10.7. The van der Waals surface area contributed by atoms with Gasteiger partial charge in [-0.15, -0.1) is 0 Å². The normalized spacial score (nSPS) is 16.3. The van der Waals surface area contributed by atoms with Gasteiger partial charge in [0, 0.05) is 43.4 Å². The molecule has 390 valence electrons. The summed E-state index contributed by atoms with van der Waals surface area (Å²) in [6.07, 6.45) is 0. The van der Waals surface area contributed by atoms with Gasteiger partial charge in [-0.2, -0.15) is 0 Å². The van der Waals surface area contributed by atoms with Crippen molar-refractivity contribution in [3.63, 3.8) is 0 Å². The van der Waals surface area contributed by atoms with Crippen molar-refractivity contribution in [2.45, 2.75) is 24.7 Å². The Hall–Kier alpha value is -10.7. The Kier molecular flexibility index (Phi) is 9.03. The molecule has 2 spiro atoms. The molecule has 16 aromatic rings. The first-order valence-corrected chi connectivity index (χ1v) is 29.3. The first-order chi connectivity index (χ1) is 41.5. The minimum absolute atomic E-state index is 0.480. The Balaban J connectivity index is 0.000000124. The molecule has 2 atom stereocenters. The summed E-state index contributed by atoms with van der Waals surface area (Å²) in [5.41, 5.74) is 28.8. The van der Waals surface area contributed by atoms with Gasteiger partial charge in [-0.1, -0.05) is 223 Å². The molecule has 0 fully saturated rings. The number of pyridine rings is 2. The van der Waals surface area contributed by atoms with E-state index in [1.165, 1.54) is 154 Å². The minimum Gasteiger partial charge on any atom is -0.309 e. The molecule has 4 nitrogen and oxygen atoms in total. The number of nitrogens with zero attached hydrogens (tertiary/aromatic N) is 4. The molecule has 84 heavy (non-hydrogen) atoms. The second-order valence-corrected chi connectivity index (χ2v) is 23.7. The van der Waals surface area contributed by atoms with Crippen LogP contribution in [0.3, 0.4) is 0 Å². The van der Waals surface area contributed by atoms with E-state index in [1.807, 2.05) is 0 Å². The molecule has 4 aromatic heterocycles. The van der Waals surface area contributed by atoms with Crippen LogP contribution in [-0.4, -0.2) is 19.1 Å². The van der Waals surface area contributed by atoms with Crippen LogP contribution in [-0.2, 0) is 10.8 Å². The van der Waals surface area contributed by atoms with Crippen LogP contribution in [0.4, 0.5) is 0 Å². The Labute approximate surface area is 484 Å². The SMILES string of the molecule is Cc1cc(C)cc(-c2ccc3c(c2)-n2c4ccccc4c4cccc(c42)C32c3ccccc3-c3nc4ccccc4cc32)c1.c1ccc2c(c1)-c1nc3ccccc3cc1C21c2cc3ccccc3cc2-n2c3ccccc3c3cccc1c32. The van der Waals surface area contributed by atoms with Gasteiger partial charge in [-0.05, 0) is 135 Å². The van der Waals surface area contributed by atoms with Crippen molar-refractivity contribution in [3.8, 4) is 45.0 Å². The fourth-order valence-electron chi connectivity index (χ4n) is 16.2. The number of fused-ring (bicyclic) bond motifs is 27. The topological polar surface area (TPSA) is 35.6 Å². The van der Waals surface area contributed by atoms with E-state index in [1.54, 1.807) is 0 Å². The number of hydrogen-bond acceptors (Lipinski definition) is 2. The lowest BCUT2D eigenvalue weighted by Crippen LogP contribution is -2.33. The third kappa shape index (κ3) is 5.77. The van der Waals surface area contributed by atoms with Gasteiger partial charge in [-0.25, -0.2) is 9.97 Å². The van der Waals surface area contributed by atoms with Crippen molar-refractivity contribution < 1.29 is 0 Å². The number of para-hydroxylation sites is 6. The van der Waals surface area contributed by atoms with Gasteiger partial charge < -0.3 is 9.13 Å². The molecule has 0 N–H and O–H groups in total. The van der Waals surface area contributed by atoms with E-state index in [4.69, 9.17) is 9.97 Å². The summed E-state index contributed by atoms with van der Waals surface area (Å²) in [6.45, 7) is 4.37. The van der Waals surface area contributed by atoms with Crippen LogP contribution in [0.5, 0.6) is 0 Å². The van der Waals surface area contributed by atoms with Crippen molar-refractivity contribution >= 4 is 76.2 Å². The van der Waals surface area contributed by atoms with Crippen molar-refractivity contribution in [1.29, 1.82) is 0 Å². The summed E-state index contributed by atoms with van der Waals surface area (Å²) in [5, 5.41) is 10.0. The van der Waals surface area contributed by atoms with Crippen LogP contribution in [0, 0.1) is 13.8 Å². The van der Waals surface area contributed by atoms with Gasteiger partial charge in [0.2, 0.25) is 0 Å². The molecule has 0 saturated carbocycles. The fraction of sp³-hybridized carbons (Fsp3) is 0.0500. The molecule has 2 aliphatic carbocycles. The smallest absolute Gasteiger partial charge is 0.0770 e. The molecule has 0 bridgehead atoms. The van der Waals surface area contributed by atoms with Crippen LogP contribution < -0.4 is 0 Å². The van der Waals surface area contributed by atoms with E-state index in [-0.39, 0.29) is 0 Å². The van der Waals surface area contributed by atoms with Crippen molar-refractivity contribution in [3.05, 3.63) is 323 Å². The zero-order valence-corrected chi connectivity index (χ0v) is 46.2. The summed E-state index contributed by atoms with van der Waals surface area (Å²) in [6, 6.07) is 98.9. The second kappa shape index (κ2) is 16.5. The van der Waals surface area contributed by atoms with Crippen LogP contribution in [0.1, 0.15) is 55.6 Å². The maximum Gasteiger partial charge on any atom is 0.0770 e. The summed E-state index contributed by atoms with van der Waals surface area (Å²) >= 11 is 0. The predicted octanol–water partition coefficient (Wildman–Crippen LogP) is 19.5. The predicted molar refractivity (Wildman–Crippen MR) is 346 cm³/mol. The van der Waals surface area contributed by atoms with Gasteiger partial charge in [0.25, 0.3) is 0 Å². The Morgan fingerprint density at radius 1 is 0.286 bits per heavy atom. The quantitative estimate of drug-likeness (QED) is 0.164. The molecule has 4 heteroatoms. The van der Waals surface area contributed by atoms with Gasteiger partial charge in [0.05, 0.1) is 66.7 Å². The molecule has 4 aliphatic rings. The molecular weight excluding hydrogens is 1020 g/mol. The number of benzene rings is 12. The lowest BCUT2D eigenvalue weighted by Gasteiger charge is -2.39. The van der Waals surface area contributed by atoms with Gasteiger partial charge in [0.15, 0.2) is 0 Å². The highest BCUT2D eigenvalue weighted by Crippen LogP contribution is 2.63. The highest BCUT2D eigenvalue weighted by atomic mass is 15.0. The van der Waals surface area contributed by atoms with E-state index in [0.29, 0.717) is 0 Å². The molecule has 20 rings (SSSR count). The molecule has 2 aliphatic heterocycles. The maximum atomic E-state index is 5.36. The number of aryl methyl sites for hydroxylation is 2. The summed E-state index contributed by atoms with van der Waals surface area (Å²) in [5.74, 6) is 0. The molecule has 0 amide bonds. The molecule has 0 radical (unpaired) electrons. The average molecular weight is 1070 g/mol. The fourth-order valence-corrected chi connectivity index (χ4v) is 16.2. The van der Waals surface area contributed by atoms with Gasteiger partial charge in [-0.3, -0.25) is 0 Å². The molecule has 0 saturated heterocycles. The highest BCUT2D eigenvalue weighted by molar-refractivity contribution is 6.15. The zero-order chi connectivity index (χ0) is 55.2. The van der Waals surface area contributed by atoms with Crippen LogP contribution in [0.25, 0.3) is 121 Å². The number of rotatable bonds is 1. The van der Waals surface area contributed by atoms with E-state index < -0.39 is 10.8 Å². The monoisotopic (exact) mass is 1070 g/mol. The third-order valence-electron chi connectivity index (χ3n) is 19.3. The van der Waals surface area contributed by atoms with E-state index in [0.717, 1.165) is 22.4 Å². The molecule has 12 aromatic carbocycles. The third-order valence-corrected chi connectivity index (χ3v) is 19.3. The zero-order valence-electron chi connectivity index (χ0n) is 46.2. The van der Waals surface area contributed by atoms with Crippen LogP contribution in [0.15, 0.2) is 267 Å². The lowest BCUT2D eigenvalue weighted by molar-refractivity contribution is 0.748. The standard InChI is InChI=1S/C42H28N2.C38H22N2/c1-25-20-26(2)22-29(21-25)27-18-19-34-39(24-27)44-38-17-8-5-11-30(38)31-13-9-15-35(41(31)44)42(34)33-14-6-4-12-32(33)40-36(42)23-28-10-3-7-16-37(28)43-40;1-2-11-24-22-35-31(20-23(24)10-1)38(30-17-9-15-27-26-13-5-8-19-34(26)40(35)37(27)30)29-16-6-4-14-28(29)36-32(38)21-25-12-3-7-18-33(25)39-36/h3-24H,1-2H3;1-22H. The van der Waals surface area contributed by atoms with E-state index >= 15 is 0 Å². The van der Waals surface area contributed by atoms with Gasteiger partial charge >= 0.3 is 0 Å². The summed E-state index contributed by atoms with van der Waals surface area (Å²) in [7, 11) is 0. The number of hydrogen-bond donors (Lipinski definition) is 0. The Bertz CT molecular complexity index is 5600. The maximum absolute atomic E-state index is 5.36. The minimum atomic E-state index is -0.497. The largest absolute Gasteiger partial charge is 0.309 e. The van der Waals surface area contributed by atoms with Crippen molar-refractivity contribution in [2.75, 3.05) is 0 Å². The average Bonchev–Trinajstić information content (AvgIpc) is 1.81. The summed E-state index contributed by atoms with van der Waals surface area (Å²) < 4.78 is 5.05. The van der Waals surface area contributed by atoms with E-state index in [9.17, 15) is 0 Å². The second-order valence-electron chi connectivity index (χ2n) is 23.7. The van der Waals surface area contributed by atoms with Crippen molar-refractivity contribution in [1.82, 2.24) is 19.1 Å². The van der Waals surface area contributed by atoms with Crippen LogP contribution in [0.2, 0.25) is 0 Å².